The third-order valence-corrected chi connectivity index (χ3v) is 1.36. The van der Waals surface area contributed by atoms with Gasteiger partial charge in [0.2, 0.25) is 0 Å². The summed E-state index contributed by atoms with van der Waals surface area (Å²) in [4.78, 5) is 10.5. The lowest BCUT2D eigenvalue weighted by Gasteiger charge is -2.18. The van der Waals surface area contributed by atoms with Crippen molar-refractivity contribution >= 4 is 5.78 Å². The molecule has 4 N–H and O–H groups in total. The molecule has 0 aliphatic rings. The third-order valence-electron chi connectivity index (χ3n) is 1.36. The summed E-state index contributed by atoms with van der Waals surface area (Å²) in [6.45, 7) is -2.23. The van der Waals surface area contributed by atoms with Gasteiger partial charge in [-0.05, 0) is 0 Å². The Labute approximate surface area is 68.1 Å². The van der Waals surface area contributed by atoms with Gasteiger partial charge < -0.3 is 20.4 Å². The number of Topliss-reactive ketones (excluding diaryl/α,β-unsaturated/α-hetero) is 1. The van der Waals surface area contributed by atoms with Gasteiger partial charge in [0.1, 0.15) is 31.6 Å². The minimum Gasteiger partial charge on any atom is -0.388 e. The van der Waals surface area contributed by atoms with Crippen molar-refractivity contribution in [1.82, 2.24) is 0 Å². The molecule has 6 heteroatoms. The standard InChI is InChI=1S/C6H11FO5/c7-1-3(9)5(11)6(12)4(10)2-8/h3,5-6,8-9,11-12H,1-2H2/t3-,5-,6-/m1/s1. The normalized spacial score (nSPS) is 18.4. The molecule has 72 valence electrons. The summed E-state index contributed by atoms with van der Waals surface area (Å²) in [5.74, 6) is -1.06. The van der Waals surface area contributed by atoms with Crippen molar-refractivity contribution in [3.8, 4) is 0 Å². The molecule has 0 bridgehead atoms. The van der Waals surface area contributed by atoms with E-state index < -0.39 is 37.4 Å². The number of rotatable bonds is 5. The predicted molar refractivity (Wildman–Crippen MR) is 36.1 cm³/mol. The molecular weight excluding hydrogens is 171 g/mol. The van der Waals surface area contributed by atoms with Gasteiger partial charge in [0, 0.05) is 0 Å². The Morgan fingerprint density at radius 1 is 1.33 bits per heavy atom. The quantitative estimate of drug-likeness (QED) is 0.380. The molecule has 0 saturated carbocycles. The van der Waals surface area contributed by atoms with E-state index in [-0.39, 0.29) is 0 Å². The predicted octanol–water partition coefficient (Wildman–Crippen LogP) is -2.40. The minimum atomic E-state index is -1.94. The minimum absolute atomic E-state index is 0.961. The zero-order chi connectivity index (χ0) is 9.72. The first kappa shape index (κ1) is 11.4. The molecule has 0 heterocycles. The van der Waals surface area contributed by atoms with Gasteiger partial charge in [0.05, 0.1) is 0 Å². The van der Waals surface area contributed by atoms with Crippen LogP contribution in [0.1, 0.15) is 0 Å². The van der Waals surface area contributed by atoms with Crippen LogP contribution in [0.25, 0.3) is 0 Å². The molecule has 0 aromatic rings. The largest absolute Gasteiger partial charge is 0.388 e. The summed E-state index contributed by atoms with van der Waals surface area (Å²) in [7, 11) is 0. The lowest BCUT2D eigenvalue weighted by Crippen LogP contribution is -2.44. The van der Waals surface area contributed by atoms with E-state index in [1.807, 2.05) is 0 Å². The fraction of sp³-hybridized carbons (Fsp3) is 0.833. The first-order valence-electron chi connectivity index (χ1n) is 3.28. The summed E-state index contributed by atoms with van der Waals surface area (Å²) in [5.41, 5.74) is 0. The van der Waals surface area contributed by atoms with Gasteiger partial charge in [0.25, 0.3) is 0 Å². The van der Waals surface area contributed by atoms with Gasteiger partial charge in [0.15, 0.2) is 5.78 Å². The molecule has 0 radical (unpaired) electrons. The maximum Gasteiger partial charge on any atom is 0.189 e. The number of aliphatic hydroxyl groups is 4. The summed E-state index contributed by atoms with van der Waals surface area (Å²) in [6, 6.07) is 0. The molecule has 0 saturated heterocycles. The van der Waals surface area contributed by atoms with Crippen molar-refractivity contribution in [2.45, 2.75) is 18.3 Å². The number of carbonyl (C=O) groups excluding carboxylic acids is 1. The number of alkyl halides is 1. The van der Waals surface area contributed by atoms with E-state index in [0.29, 0.717) is 0 Å². The molecule has 0 aliphatic heterocycles. The van der Waals surface area contributed by atoms with Crippen LogP contribution >= 0.6 is 0 Å². The highest BCUT2D eigenvalue weighted by Crippen LogP contribution is 2.01. The van der Waals surface area contributed by atoms with Crippen molar-refractivity contribution in [1.29, 1.82) is 0 Å². The van der Waals surface area contributed by atoms with E-state index in [2.05, 4.69) is 0 Å². The highest BCUT2D eigenvalue weighted by molar-refractivity contribution is 5.84. The van der Waals surface area contributed by atoms with Gasteiger partial charge in [-0.1, -0.05) is 0 Å². The van der Waals surface area contributed by atoms with E-state index in [1.165, 1.54) is 0 Å². The fourth-order valence-electron chi connectivity index (χ4n) is 0.586. The van der Waals surface area contributed by atoms with Crippen LogP contribution in [0.2, 0.25) is 0 Å². The Bertz CT molecular complexity index is 151. The molecule has 5 nitrogen and oxygen atoms in total. The SMILES string of the molecule is O=C(CO)[C@@H](O)[C@H](O)[C@H](O)CF. The lowest BCUT2D eigenvalue weighted by atomic mass is 10.1. The molecule has 0 unspecified atom stereocenters. The number of ketones is 1. The molecular formula is C6H11FO5. The Hall–Kier alpha value is -0.560. The summed E-state index contributed by atoms with van der Waals surface area (Å²) in [5, 5.41) is 34.5. The lowest BCUT2D eigenvalue weighted by molar-refractivity contribution is -0.141. The van der Waals surface area contributed by atoms with E-state index in [9.17, 15) is 9.18 Å². The van der Waals surface area contributed by atoms with Crippen LogP contribution in [-0.4, -0.2) is 57.8 Å². The van der Waals surface area contributed by atoms with Gasteiger partial charge in [-0.25, -0.2) is 4.39 Å². The monoisotopic (exact) mass is 182 g/mol. The molecule has 0 spiro atoms. The van der Waals surface area contributed by atoms with Crippen LogP contribution in [0, 0.1) is 0 Å². The number of aliphatic hydroxyl groups excluding tert-OH is 4. The molecule has 3 atom stereocenters. The van der Waals surface area contributed by atoms with Crippen LogP contribution in [0.4, 0.5) is 4.39 Å². The van der Waals surface area contributed by atoms with E-state index in [4.69, 9.17) is 20.4 Å². The molecule has 0 amide bonds. The molecule has 0 rings (SSSR count). The summed E-state index contributed by atoms with van der Waals surface area (Å²) >= 11 is 0. The van der Waals surface area contributed by atoms with Gasteiger partial charge in [-0.3, -0.25) is 4.79 Å². The first-order valence-corrected chi connectivity index (χ1v) is 3.28. The van der Waals surface area contributed by atoms with E-state index in [0.717, 1.165) is 0 Å². The number of carbonyl (C=O) groups is 1. The van der Waals surface area contributed by atoms with E-state index in [1.54, 1.807) is 0 Å². The molecule has 12 heavy (non-hydrogen) atoms. The summed E-state index contributed by atoms with van der Waals surface area (Å²) in [6.07, 6.45) is -5.65. The van der Waals surface area contributed by atoms with Gasteiger partial charge >= 0.3 is 0 Å². The molecule has 0 aliphatic carbocycles. The van der Waals surface area contributed by atoms with Crippen LogP contribution in [0.5, 0.6) is 0 Å². The average molecular weight is 182 g/mol. The average Bonchev–Trinajstić information content (AvgIpc) is 2.12. The topological polar surface area (TPSA) is 98.0 Å². The zero-order valence-corrected chi connectivity index (χ0v) is 6.22. The highest BCUT2D eigenvalue weighted by Gasteiger charge is 2.29. The van der Waals surface area contributed by atoms with Crippen LogP contribution < -0.4 is 0 Å². The fourth-order valence-corrected chi connectivity index (χ4v) is 0.586. The van der Waals surface area contributed by atoms with Crippen molar-refractivity contribution in [3.05, 3.63) is 0 Å². The Balaban J connectivity index is 4.08. The van der Waals surface area contributed by atoms with Crippen molar-refractivity contribution in [2.24, 2.45) is 0 Å². The molecule has 0 fully saturated rings. The van der Waals surface area contributed by atoms with Crippen LogP contribution in [-0.2, 0) is 4.79 Å². The van der Waals surface area contributed by atoms with E-state index >= 15 is 0 Å². The Morgan fingerprint density at radius 2 is 1.83 bits per heavy atom. The molecule has 0 aromatic heterocycles. The maximum absolute atomic E-state index is 11.7. The van der Waals surface area contributed by atoms with Crippen LogP contribution in [0.3, 0.4) is 0 Å². The Kier molecular flexibility index (Phi) is 4.91. The number of hydrogen-bond donors (Lipinski definition) is 4. The van der Waals surface area contributed by atoms with Crippen LogP contribution in [0.15, 0.2) is 0 Å². The second-order valence-corrected chi connectivity index (χ2v) is 2.28. The number of halogens is 1. The number of hydrogen-bond acceptors (Lipinski definition) is 5. The Morgan fingerprint density at radius 3 is 2.17 bits per heavy atom. The van der Waals surface area contributed by atoms with Gasteiger partial charge in [-0.15, -0.1) is 0 Å². The van der Waals surface area contributed by atoms with Crippen molar-refractivity contribution in [3.63, 3.8) is 0 Å². The smallest absolute Gasteiger partial charge is 0.189 e. The second-order valence-electron chi connectivity index (χ2n) is 2.28. The van der Waals surface area contributed by atoms with Crippen molar-refractivity contribution < 1.29 is 29.6 Å². The maximum atomic E-state index is 11.7. The summed E-state index contributed by atoms with van der Waals surface area (Å²) < 4.78 is 11.7. The zero-order valence-electron chi connectivity index (χ0n) is 6.22. The second kappa shape index (κ2) is 5.15. The highest BCUT2D eigenvalue weighted by atomic mass is 19.1. The first-order chi connectivity index (χ1) is 5.54. The van der Waals surface area contributed by atoms with Gasteiger partial charge in [-0.2, -0.15) is 0 Å². The third kappa shape index (κ3) is 2.82. The van der Waals surface area contributed by atoms with Crippen molar-refractivity contribution in [2.75, 3.05) is 13.3 Å². The molecule has 0 aromatic carbocycles.